The van der Waals surface area contributed by atoms with Crippen molar-refractivity contribution in [2.75, 3.05) is 6.54 Å². The minimum atomic E-state index is -0.0710. The minimum absolute atomic E-state index is 0.0348. The van der Waals surface area contributed by atoms with Crippen LogP contribution in [0.2, 0.25) is 0 Å². The van der Waals surface area contributed by atoms with Crippen molar-refractivity contribution in [3.8, 4) is 11.8 Å². The van der Waals surface area contributed by atoms with Crippen LogP contribution in [0.5, 0.6) is 0 Å². The van der Waals surface area contributed by atoms with Crippen LogP contribution in [0.25, 0.3) is 5.69 Å². The zero-order chi connectivity index (χ0) is 14.6. The summed E-state index contributed by atoms with van der Waals surface area (Å²) in [6, 6.07) is 9.58. The first-order valence-corrected chi connectivity index (χ1v) is 7.60. The monoisotopic (exact) mass is 342 g/mol. The van der Waals surface area contributed by atoms with Gasteiger partial charge in [-0.3, -0.25) is 9.36 Å². The predicted octanol–water partition coefficient (Wildman–Crippen LogP) is 2.80. The molecule has 0 radical (unpaired) electrons. The molecule has 0 bridgehead atoms. The molecule has 1 atom stereocenters. The number of nitrogens with zero attached hydrogens (tertiary/aromatic N) is 4. The van der Waals surface area contributed by atoms with Gasteiger partial charge in [0.2, 0.25) is 0 Å². The van der Waals surface area contributed by atoms with Crippen LogP contribution in [0.3, 0.4) is 0 Å². The number of benzene rings is 1. The van der Waals surface area contributed by atoms with Crippen molar-refractivity contribution in [1.82, 2.24) is 14.5 Å². The van der Waals surface area contributed by atoms with Gasteiger partial charge in [-0.15, -0.1) is 0 Å². The number of hydrogen-bond acceptors (Lipinski definition) is 3. The molecule has 1 aromatic carbocycles. The molecule has 1 fully saturated rings. The van der Waals surface area contributed by atoms with E-state index in [0.29, 0.717) is 16.0 Å². The Balaban J connectivity index is 2.11. The molecule has 1 aromatic heterocycles. The fraction of sp³-hybridized carbons (Fsp3) is 0.267. The molecule has 104 valence electrons. The molecule has 1 unspecified atom stereocenters. The van der Waals surface area contributed by atoms with Crippen molar-refractivity contribution in [2.45, 2.75) is 18.9 Å². The number of hydrogen-bond donors (Lipinski definition) is 0. The van der Waals surface area contributed by atoms with Gasteiger partial charge in [0.25, 0.3) is 5.91 Å². The van der Waals surface area contributed by atoms with Crippen LogP contribution in [0.4, 0.5) is 0 Å². The summed E-state index contributed by atoms with van der Waals surface area (Å²) in [5.74, 6) is 0.0348. The van der Waals surface area contributed by atoms with E-state index in [4.69, 9.17) is 0 Å². The maximum atomic E-state index is 12.8. The summed E-state index contributed by atoms with van der Waals surface area (Å²) in [6.07, 6.45) is 1.82. The van der Waals surface area contributed by atoms with E-state index in [0.717, 1.165) is 30.8 Å². The zero-order valence-corrected chi connectivity index (χ0v) is 12.7. The summed E-state index contributed by atoms with van der Waals surface area (Å²) in [5, 5.41) is 9.38. The highest BCUT2D eigenvalue weighted by Gasteiger charge is 2.39. The highest BCUT2D eigenvalue weighted by Crippen LogP contribution is 2.41. The Kier molecular flexibility index (Phi) is 2.66. The number of nitriles is 1. The molecule has 6 heteroatoms. The standard InChI is InChI=1S/C15H11BrN4O/c16-15-18-10(8-17)13-12-6-3-7-19(12)14(21)9-4-1-2-5-11(9)20(13)15/h1-2,4-5,12H,3,6-7H2. The molecule has 3 heterocycles. The normalized spacial score (nSPS) is 19.5. The maximum absolute atomic E-state index is 12.8. The molecule has 2 aromatic rings. The summed E-state index contributed by atoms with van der Waals surface area (Å²) in [5.41, 5.74) is 2.65. The number of amides is 1. The number of imidazole rings is 1. The van der Waals surface area contributed by atoms with Crippen molar-refractivity contribution in [1.29, 1.82) is 5.26 Å². The summed E-state index contributed by atoms with van der Waals surface area (Å²) in [7, 11) is 0. The second-order valence-electron chi connectivity index (χ2n) is 5.24. The van der Waals surface area contributed by atoms with Crippen molar-refractivity contribution >= 4 is 21.8 Å². The third-order valence-corrected chi connectivity index (χ3v) is 4.71. The topological polar surface area (TPSA) is 61.9 Å². The Morgan fingerprint density at radius 3 is 3.00 bits per heavy atom. The van der Waals surface area contributed by atoms with Gasteiger partial charge in [0.15, 0.2) is 10.4 Å². The summed E-state index contributed by atoms with van der Waals surface area (Å²) >= 11 is 3.44. The second kappa shape index (κ2) is 4.43. The molecule has 0 spiro atoms. The van der Waals surface area contributed by atoms with E-state index in [2.05, 4.69) is 27.0 Å². The van der Waals surface area contributed by atoms with E-state index >= 15 is 0 Å². The smallest absolute Gasteiger partial charge is 0.256 e. The Morgan fingerprint density at radius 1 is 1.38 bits per heavy atom. The molecule has 4 rings (SSSR count). The third kappa shape index (κ3) is 1.61. The van der Waals surface area contributed by atoms with Gasteiger partial charge < -0.3 is 4.90 Å². The largest absolute Gasteiger partial charge is 0.330 e. The Morgan fingerprint density at radius 2 is 2.19 bits per heavy atom. The quantitative estimate of drug-likeness (QED) is 0.739. The first-order valence-electron chi connectivity index (χ1n) is 6.81. The number of para-hydroxylation sites is 1. The molecule has 2 aliphatic heterocycles. The van der Waals surface area contributed by atoms with Gasteiger partial charge in [0.1, 0.15) is 6.07 Å². The lowest BCUT2D eigenvalue weighted by Gasteiger charge is -2.22. The summed E-state index contributed by atoms with van der Waals surface area (Å²) in [4.78, 5) is 19.0. The number of fused-ring (bicyclic) bond motifs is 5. The van der Waals surface area contributed by atoms with Gasteiger partial charge in [0, 0.05) is 6.54 Å². The van der Waals surface area contributed by atoms with Crippen LogP contribution in [0.15, 0.2) is 29.0 Å². The lowest BCUT2D eigenvalue weighted by Crippen LogP contribution is -2.29. The van der Waals surface area contributed by atoms with E-state index in [1.165, 1.54) is 0 Å². The second-order valence-corrected chi connectivity index (χ2v) is 5.94. The lowest BCUT2D eigenvalue weighted by molar-refractivity contribution is 0.0738. The highest BCUT2D eigenvalue weighted by atomic mass is 79.9. The van der Waals surface area contributed by atoms with E-state index in [-0.39, 0.29) is 11.9 Å². The minimum Gasteiger partial charge on any atom is -0.330 e. The first kappa shape index (κ1) is 12.6. The van der Waals surface area contributed by atoms with Gasteiger partial charge in [-0.05, 0) is 40.9 Å². The molecule has 21 heavy (non-hydrogen) atoms. The van der Waals surface area contributed by atoms with Crippen molar-refractivity contribution < 1.29 is 4.79 Å². The molecule has 1 amide bonds. The summed E-state index contributed by atoms with van der Waals surface area (Å²) < 4.78 is 2.48. The van der Waals surface area contributed by atoms with Gasteiger partial charge >= 0.3 is 0 Å². The Labute approximate surface area is 129 Å². The lowest BCUT2D eigenvalue weighted by atomic mass is 10.1. The number of aromatic nitrogens is 2. The number of carbonyl (C=O) groups excluding carboxylic acids is 1. The van der Waals surface area contributed by atoms with Crippen LogP contribution in [0, 0.1) is 11.3 Å². The molecule has 0 N–H and O–H groups in total. The summed E-state index contributed by atoms with van der Waals surface area (Å²) in [6.45, 7) is 0.728. The number of halogens is 1. The van der Waals surface area contributed by atoms with E-state index in [9.17, 15) is 10.1 Å². The molecule has 0 aliphatic carbocycles. The highest BCUT2D eigenvalue weighted by molar-refractivity contribution is 9.10. The molecule has 5 nitrogen and oxygen atoms in total. The van der Waals surface area contributed by atoms with Gasteiger partial charge in [-0.1, -0.05) is 12.1 Å². The van der Waals surface area contributed by atoms with Gasteiger partial charge in [-0.25, -0.2) is 4.98 Å². The van der Waals surface area contributed by atoms with E-state index < -0.39 is 0 Å². The van der Waals surface area contributed by atoms with Crippen molar-refractivity contribution in [3.05, 3.63) is 46.0 Å². The van der Waals surface area contributed by atoms with Crippen LogP contribution in [0.1, 0.15) is 40.6 Å². The van der Waals surface area contributed by atoms with Gasteiger partial charge in [-0.2, -0.15) is 5.26 Å². The van der Waals surface area contributed by atoms with E-state index in [1.807, 2.05) is 33.7 Å². The first-order chi connectivity index (χ1) is 10.2. The van der Waals surface area contributed by atoms with Gasteiger partial charge in [0.05, 0.1) is 23.0 Å². The molecular formula is C15H11BrN4O. The Bertz CT molecular complexity index is 804. The van der Waals surface area contributed by atoms with Crippen molar-refractivity contribution in [2.24, 2.45) is 0 Å². The zero-order valence-electron chi connectivity index (χ0n) is 11.1. The maximum Gasteiger partial charge on any atom is 0.256 e. The van der Waals surface area contributed by atoms with E-state index in [1.54, 1.807) is 0 Å². The fourth-order valence-corrected chi connectivity index (χ4v) is 3.88. The van der Waals surface area contributed by atoms with Crippen molar-refractivity contribution in [3.63, 3.8) is 0 Å². The molecular weight excluding hydrogens is 332 g/mol. The predicted molar refractivity (Wildman–Crippen MR) is 79.0 cm³/mol. The molecule has 0 saturated carbocycles. The SMILES string of the molecule is N#Cc1nc(Br)n2c1C1CCCN1C(=O)c1ccccc1-2. The molecule has 1 saturated heterocycles. The number of rotatable bonds is 0. The third-order valence-electron chi connectivity index (χ3n) is 4.18. The average molecular weight is 343 g/mol. The van der Waals surface area contributed by atoms with Crippen LogP contribution >= 0.6 is 15.9 Å². The fourth-order valence-electron chi connectivity index (χ4n) is 3.32. The van der Waals surface area contributed by atoms with Crippen LogP contribution < -0.4 is 0 Å². The van der Waals surface area contributed by atoms with Crippen LogP contribution in [-0.2, 0) is 0 Å². The number of carbonyl (C=O) groups is 1. The molecule has 2 aliphatic rings. The van der Waals surface area contributed by atoms with Crippen LogP contribution in [-0.4, -0.2) is 26.9 Å². The average Bonchev–Trinajstić information content (AvgIpc) is 3.07. The Hall–Kier alpha value is -2.13.